The molecule has 6 nitrogen and oxygen atoms in total. The van der Waals surface area contributed by atoms with E-state index in [2.05, 4.69) is 20.4 Å². The van der Waals surface area contributed by atoms with Crippen LogP contribution in [0.1, 0.15) is 28.9 Å². The van der Waals surface area contributed by atoms with Crippen molar-refractivity contribution in [2.45, 2.75) is 18.4 Å². The minimum absolute atomic E-state index is 0.256. The number of nitrogens with one attached hydrogen (secondary N) is 2. The van der Waals surface area contributed by atoms with E-state index < -0.39 is 5.60 Å². The van der Waals surface area contributed by atoms with Gasteiger partial charge in [-0.25, -0.2) is 4.39 Å². The molecule has 25 heavy (non-hydrogen) atoms. The Kier molecular flexibility index (Phi) is 5.36. The molecule has 0 saturated carbocycles. The summed E-state index contributed by atoms with van der Waals surface area (Å²) in [5.74, 6) is -0.597. The van der Waals surface area contributed by atoms with Crippen LogP contribution in [-0.4, -0.2) is 52.3 Å². The first kappa shape index (κ1) is 17.8. The Hall–Kier alpha value is -1.96. The van der Waals surface area contributed by atoms with Crippen molar-refractivity contribution in [2.75, 3.05) is 26.2 Å². The molecule has 1 aromatic heterocycles. The van der Waals surface area contributed by atoms with Gasteiger partial charge in [-0.05, 0) is 30.5 Å². The van der Waals surface area contributed by atoms with Gasteiger partial charge in [0.1, 0.15) is 11.5 Å². The summed E-state index contributed by atoms with van der Waals surface area (Å²) in [6.07, 6.45) is 2.52. The SMILES string of the molecule is O=C(NCCN1CCC(O)(c2ccc(F)cc2)CC1)c1[nH]ncc1Cl. The fourth-order valence-corrected chi connectivity index (χ4v) is 3.22. The molecule has 1 amide bonds. The average Bonchev–Trinajstić information content (AvgIpc) is 3.03. The van der Waals surface area contributed by atoms with Gasteiger partial charge in [0.15, 0.2) is 0 Å². The van der Waals surface area contributed by atoms with Crippen molar-refractivity contribution in [3.8, 4) is 0 Å². The Morgan fingerprint density at radius 3 is 2.64 bits per heavy atom. The average molecular weight is 367 g/mol. The molecule has 1 aliphatic rings. The summed E-state index contributed by atoms with van der Waals surface area (Å²) < 4.78 is 13.0. The largest absolute Gasteiger partial charge is 0.385 e. The van der Waals surface area contributed by atoms with Gasteiger partial charge < -0.3 is 15.3 Å². The molecular weight excluding hydrogens is 347 g/mol. The van der Waals surface area contributed by atoms with Crippen LogP contribution in [-0.2, 0) is 5.60 Å². The number of amides is 1. The summed E-state index contributed by atoms with van der Waals surface area (Å²) in [5.41, 5.74) is 0.0819. The third-order valence-electron chi connectivity index (χ3n) is 4.60. The first-order chi connectivity index (χ1) is 12.0. The molecule has 3 N–H and O–H groups in total. The van der Waals surface area contributed by atoms with Gasteiger partial charge in [0.2, 0.25) is 0 Å². The second kappa shape index (κ2) is 7.51. The molecule has 2 aromatic rings. The van der Waals surface area contributed by atoms with Crippen LogP contribution in [0, 0.1) is 5.82 Å². The molecule has 0 aliphatic carbocycles. The zero-order valence-corrected chi connectivity index (χ0v) is 14.4. The van der Waals surface area contributed by atoms with Gasteiger partial charge in [-0.3, -0.25) is 9.89 Å². The van der Waals surface area contributed by atoms with E-state index in [1.807, 2.05) is 0 Å². The first-order valence-electron chi connectivity index (χ1n) is 8.16. The quantitative estimate of drug-likeness (QED) is 0.755. The molecule has 0 spiro atoms. The van der Waals surface area contributed by atoms with Crippen LogP contribution in [0.15, 0.2) is 30.5 Å². The number of carbonyl (C=O) groups is 1. The summed E-state index contributed by atoms with van der Waals surface area (Å²) >= 11 is 5.85. The summed E-state index contributed by atoms with van der Waals surface area (Å²) in [4.78, 5) is 14.1. The van der Waals surface area contributed by atoms with Crippen LogP contribution in [0.2, 0.25) is 5.02 Å². The fraction of sp³-hybridized carbons (Fsp3) is 0.412. The number of hydrogen-bond acceptors (Lipinski definition) is 4. The predicted octanol–water partition coefficient (Wildman–Crippen LogP) is 1.92. The van der Waals surface area contributed by atoms with Crippen LogP contribution in [0.3, 0.4) is 0 Å². The molecule has 134 valence electrons. The maximum atomic E-state index is 13.0. The third-order valence-corrected chi connectivity index (χ3v) is 4.89. The van der Waals surface area contributed by atoms with Crippen LogP contribution in [0.4, 0.5) is 4.39 Å². The van der Waals surface area contributed by atoms with Crippen molar-refractivity contribution in [3.63, 3.8) is 0 Å². The standard InChI is InChI=1S/C17H20ClFN4O2/c18-14-11-21-22-15(14)16(24)20-7-10-23-8-5-17(25,6-9-23)12-1-3-13(19)4-2-12/h1-4,11,25H,5-10H2,(H,20,24)(H,21,22). The highest BCUT2D eigenvalue weighted by molar-refractivity contribution is 6.33. The molecule has 0 unspecified atom stereocenters. The molecule has 8 heteroatoms. The molecule has 1 saturated heterocycles. The number of nitrogens with zero attached hydrogens (tertiary/aromatic N) is 2. The molecule has 1 aromatic carbocycles. The lowest BCUT2D eigenvalue weighted by Gasteiger charge is -2.38. The van der Waals surface area contributed by atoms with E-state index >= 15 is 0 Å². The van der Waals surface area contributed by atoms with Crippen molar-refractivity contribution in [1.82, 2.24) is 20.4 Å². The highest BCUT2D eigenvalue weighted by Gasteiger charge is 2.33. The topological polar surface area (TPSA) is 81.3 Å². The van der Waals surface area contributed by atoms with E-state index in [0.717, 1.165) is 5.56 Å². The number of carbonyl (C=O) groups excluding carboxylic acids is 1. The maximum absolute atomic E-state index is 13.0. The van der Waals surface area contributed by atoms with Crippen LogP contribution >= 0.6 is 11.6 Å². The van der Waals surface area contributed by atoms with Crippen LogP contribution < -0.4 is 5.32 Å². The zero-order valence-electron chi connectivity index (χ0n) is 13.6. The lowest BCUT2D eigenvalue weighted by atomic mass is 9.84. The highest BCUT2D eigenvalue weighted by Crippen LogP contribution is 2.32. The Morgan fingerprint density at radius 1 is 1.36 bits per heavy atom. The number of halogens is 2. The zero-order chi connectivity index (χ0) is 17.9. The monoisotopic (exact) mass is 366 g/mol. The van der Waals surface area contributed by atoms with Gasteiger partial charge in [-0.2, -0.15) is 5.10 Å². The Morgan fingerprint density at radius 2 is 2.04 bits per heavy atom. The molecule has 3 rings (SSSR count). The van der Waals surface area contributed by atoms with Gasteiger partial charge in [0.25, 0.3) is 5.91 Å². The number of H-pyrrole nitrogens is 1. The molecule has 0 atom stereocenters. The van der Waals surface area contributed by atoms with Crippen LogP contribution in [0.5, 0.6) is 0 Å². The number of aromatic amines is 1. The second-order valence-electron chi connectivity index (χ2n) is 6.23. The van der Waals surface area contributed by atoms with E-state index in [1.165, 1.54) is 18.3 Å². The fourth-order valence-electron chi connectivity index (χ4n) is 3.04. The molecule has 1 aliphatic heterocycles. The minimum atomic E-state index is -0.920. The van der Waals surface area contributed by atoms with Gasteiger partial charge in [0, 0.05) is 26.2 Å². The lowest BCUT2D eigenvalue weighted by molar-refractivity contribution is -0.0255. The van der Waals surface area contributed by atoms with Crippen molar-refractivity contribution in [1.29, 1.82) is 0 Å². The predicted molar refractivity (Wildman–Crippen MR) is 91.9 cm³/mol. The molecule has 0 bridgehead atoms. The third kappa shape index (κ3) is 4.18. The molecule has 0 radical (unpaired) electrons. The summed E-state index contributed by atoms with van der Waals surface area (Å²) in [7, 11) is 0. The number of hydrogen-bond donors (Lipinski definition) is 3. The normalized spacial score (nSPS) is 17.4. The Labute approximate surface area is 150 Å². The Balaban J connectivity index is 1.46. The summed E-state index contributed by atoms with van der Waals surface area (Å²) in [6, 6.07) is 6.02. The number of likely N-dealkylation sites (tertiary alicyclic amines) is 1. The molecular formula is C17H20ClFN4O2. The number of aromatic nitrogens is 2. The maximum Gasteiger partial charge on any atom is 0.270 e. The van der Waals surface area contributed by atoms with Crippen molar-refractivity contribution < 1.29 is 14.3 Å². The smallest absolute Gasteiger partial charge is 0.270 e. The van der Waals surface area contributed by atoms with Gasteiger partial charge >= 0.3 is 0 Å². The van der Waals surface area contributed by atoms with E-state index in [1.54, 1.807) is 12.1 Å². The minimum Gasteiger partial charge on any atom is -0.385 e. The van der Waals surface area contributed by atoms with Gasteiger partial charge in [-0.15, -0.1) is 0 Å². The summed E-state index contributed by atoms with van der Waals surface area (Å²) in [5, 5.41) is 20.1. The van der Waals surface area contributed by atoms with Gasteiger partial charge in [-0.1, -0.05) is 23.7 Å². The Bertz CT molecular complexity index is 727. The number of benzene rings is 1. The summed E-state index contributed by atoms with van der Waals surface area (Å²) in [6.45, 7) is 2.56. The van der Waals surface area contributed by atoms with Gasteiger partial charge in [0.05, 0.1) is 16.8 Å². The first-order valence-corrected chi connectivity index (χ1v) is 8.53. The number of aliphatic hydroxyl groups is 1. The van der Waals surface area contributed by atoms with Crippen molar-refractivity contribution in [3.05, 3.63) is 52.6 Å². The number of rotatable bonds is 5. The van der Waals surface area contributed by atoms with Crippen LogP contribution in [0.25, 0.3) is 0 Å². The number of piperidine rings is 1. The van der Waals surface area contributed by atoms with E-state index in [4.69, 9.17) is 11.6 Å². The van der Waals surface area contributed by atoms with Crippen molar-refractivity contribution >= 4 is 17.5 Å². The van der Waals surface area contributed by atoms with E-state index in [-0.39, 0.29) is 17.4 Å². The van der Waals surface area contributed by atoms with E-state index in [0.29, 0.717) is 44.0 Å². The highest BCUT2D eigenvalue weighted by atomic mass is 35.5. The molecule has 1 fully saturated rings. The van der Waals surface area contributed by atoms with Crippen molar-refractivity contribution in [2.24, 2.45) is 0 Å². The van der Waals surface area contributed by atoms with E-state index in [9.17, 15) is 14.3 Å². The second-order valence-corrected chi connectivity index (χ2v) is 6.64. The molecule has 2 heterocycles. The lowest BCUT2D eigenvalue weighted by Crippen LogP contribution is -2.45.